The van der Waals surface area contributed by atoms with Crippen molar-refractivity contribution >= 4 is 17.9 Å². The van der Waals surface area contributed by atoms with Crippen molar-refractivity contribution in [3.8, 4) is 0 Å². The van der Waals surface area contributed by atoms with Gasteiger partial charge >= 0.3 is 0 Å². The maximum atomic E-state index is 13.1. The Morgan fingerprint density at radius 3 is 2.31 bits per heavy atom. The second kappa shape index (κ2) is 13.3. The summed E-state index contributed by atoms with van der Waals surface area (Å²) in [7, 11) is 0. The number of hydrogen-bond donors (Lipinski definition) is 0. The summed E-state index contributed by atoms with van der Waals surface area (Å²) in [5.74, 6) is -0.104. The lowest BCUT2D eigenvalue weighted by Gasteiger charge is -2.34. The highest BCUT2D eigenvalue weighted by Gasteiger charge is 2.23. The van der Waals surface area contributed by atoms with Crippen molar-refractivity contribution in [2.45, 2.75) is 12.8 Å². The zero-order valence-electron chi connectivity index (χ0n) is 20.6. The number of piperazine rings is 1. The van der Waals surface area contributed by atoms with E-state index >= 15 is 0 Å². The molecule has 1 fully saturated rings. The number of carbonyl (C=O) groups is 2. The van der Waals surface area contributed by atoms with Gasteiger partial charge in [0.15, 0.2) is 0 Å². The predicted molar refractivity (Wildman–Crippen MR) is 141 cm³/mol. The van der Waals surface area contributed by atoms with E-state index < -0.39 is 0 Å². The van der Waals surface area contributed by atoms with Gasteiger partial charge in [-0.1, -0.05) is 72.8 Å². The standard InChI is InChI=1S/C29H33N5O2/c35-28(33-22-20-32(21-23-33)17-7-12-25-8-3-1-4-9-25)14-19-34(18-13-26-10-5-2-6-11-26)29(36)27-24-30-15-16-31-27/h1-12,15-16,24H,13-14,17-23H2. The van der Waals surface area contributed by atoms with Crippen LogP contribution in [0.4, 0.5) is 0 Å². The van der Waals surface area contributed by atoms with Crippen LogP contribution in [0.1, 0.15) is 28.0 Å². The summed E-state index contributed by atoms with van der Waals surface area (Å²) in [6, 6.07) is 20.3. The number of hydrogen-bond acceptors (Lipinski definition) is 5. The third-order valence-electron chi connectivity index (χ3n) is 6.38. The highest BCUT2D eigenvalue weighted by atomic mass is 16.2. The number of benzene rings is 2. The fraction of sp³-hybridized carbons (Fsp3) is 0.310. The summed E-state index contributed by atoms with van der Waals surface area (Å²) in [5.41, 5.74) is 2.65. The van der Waals surface area contributed by atoms with Crippen LogP contribution in [0.3, 0.4) is 0 Å². The van der Waals surface area contributed by atoms with Crippen molar-refractivity contribution in [2.24, 2.45) is 0 Å². The topological polar surface area (TPSA) is 69.6 Å². The van der Waals surface area contributed by atoms with Gasteiger partial charge in [0.2, 0.25) is 5.91 Å². The minimum Gasteiger partial charge on any atom is -0.340 e. The van der Waals surface area contributed by atoms with Gasteiger partial charge in [-0.15, -0.1) is 0 Å². The second-order valence-electron chi connectivity index (χ2n) is 8.86. The molecule has 2 amide bonds. The quantitative estimate of drug-likeness (QED) is 0.442. The smallest absolute Gasteiger partial charge is 0.274 e. The second-order valence-corrected chi connectivity index (χ2v) is 8.86. The van der Waals surface area contributed by atoms with Crippen molar-refractivity contribution in [1.29, 1.82) is 0 Å². The predicted octanol–water partition coefficient (Wildman–Crippen LogP) is 3.41. The van der Waals surface area contributed by atoms with Crippen molar-refractivity contribution < 1.29 is 9.59 Å². The van der Waals surface area contributed by atoms with E-state index in [0.29, 0.717) is 38.3 Å². The summed E-state index contributed by atoms with van der Waals surface area (Å²) in [6.45, 7) is 4.87. The maximum Gasteiger partial charge on any atom is 0.274 e. The van der Waals surface area contributed by atoms with Crippen molar-refractivity contribution in [3.63, 3.8) is 0 Å². The van der Waals surface area contributed by atoms with Gasteiger partial charge in [0.05, 0.1) is 6.20 Å². The lowest BCUT2D eigenvalue weighted by molar-refractivity contribution is -0.133. The van der Waals surface area contributed by atoms with Gasteiger partial charge in [-0.25, -0.2) is 4.98 Å². The van der Waals surface area contributed by atoms with Crippen molar-refractivity contribution in [2.75, 3.05) is 45.8 Å². The molecule has 0 spiro atoms. The molecule has 3 aromatic rings. The molecule has 0 atom stereocenters. The van der Waals surface area contributed by atoms with Gasteiger partial charge in [-0.05, 0) is 17.5 Å². The largest absolute Gasteiger partial charge is 0.340 e. The zero-order valence-corrected chi connectivity index (χ0v) is 20.6. The monoisotopic (exact) mass is 483 g/mol. The fourth-order valence-corrected chi connectivity index (χ4v) is 4.27. The molecule has 2 aromatic carbocycles. The molecular weight excluding hydrogens is 450 g/mol. The molecule has 7 heteroatoms. The molecule has 4 rings (SSSR count). The van der Waals surface area contributed by atoms with E-state index in [4.69, 9.17) is 0 Å². The van der Waals surface area contributed by atoms with Crippen LogP contribution >= 0.6 is 0 Å². The average Bonchev–Trinajstić information content (AvgIpc) is 2.94. The Hall–Kier alpha value is -3.84. The zero-order chi connectivity index (χ0) is 25.0. The molecule has 0 bridgehead atoms. The molecular formula is C29H33N5O2. The van der Waals surface area contributed by atoms with Gasteiger partial charge in [-0.2, -0.15) is 0 Å². The number of rotatable bonds is 10. The molecule has 0 saturated carbocycles. The summed E-state index contributed by atoms with van der Waals surface area (Å²) in [6.07, 6.45) is 9.87. The first-order chi connectivity index (χ1) is 17.7. The van der Waals surface area contributed by atoms with Gasteiger partial charge < -0.3 is 9.80 Å². The van der Waals surface area contributed by atoms with Gasteiger partial charge in [-0.3, -0.25) is 19.5 Å². The number of carbonyl (C=O) groups excluding carboxylic acids is 2. The molecule has 0 unspecified atom stereocenters. The lowest BCUT2D eigenvalue weighted by Crippen LogP contribution is -2.49. The molecule has 1 aromatic heterocycles. The highest BCUT2D eigenvalue weighted by molar-refractivity contribution is 5.92. The molecule has 0 N–H and O–H groups in total. The minimum atomic E-state index is -0.193. The third-order valence-corrected chi connectivity index (χ3v) is 6.38. The lowest BCUT2D eigenvalue weighted by atomic mass is 10.1. The molecule has 1 aliphatic rings. The van der Waals surface area contributed by atoms with Crippen LogP contribution in [0.5, 0.6) is 0 Å². The molecule has 7 nitrogen and oxygen atoms in total. The molecule has 1 saturated heterocycles. The Balaban J connectivity index is 1.26. The normalized spacial score (nSPS) is 14.2. The summed E-state index contributed by atoms with van der Waals surface area (Å²) in [5, 5.41) is 0. The first kappa shape index (κ1) is 25.3. The van der Waals surface area contributed by atoms with E-state index in [0.717, 1.165) is 31.6 Å². The molecule has 0 aliphatic carbocycles. The molecule has 36 heavy (non-hydrogen) atoms. The Morgan fingerprint density at radius 1 is 0.889 bits per heavy atom. The summed E-state index contributed by atoms with van der Waals surface area (Å²) < 4.78 is 0. The van der Waals surface area contributed by atoms with Gasteiger partial charge in [0, 0.05) is 64.6 Å². The molecule has 2 heterocycles. The van der Waals surface area contributed by atoms with Crippen molar-refractivity contribution in [1.82, 2.24) is 24.7 Å². The number of aromatic nitrogens is 2. The highest BCUT2D eigenvalue weighted by Crippen LogP contribution is 2.09. The molecule has 1 aliphatic heterocycles. The number of nitrogens with zero attached hydrogens (tertiary/aromatic N) is 5. The van der Waals surface area contributed by atoms with E-state index in [-0.39, 0.29) is 11.8 Å². The molecule has 0 radical (unpaired) electrons. The van der Waals surface area contributed by atoms with Crippen LogP contribution < -0.4 is 0 Å². The van der Waals surface area contributed by atoms with Crippen LogP contribution in [0.25, 0.3) is 6.08 Å². The summed E-state index contributed by atoms with van der Waals surface area (Å²) in [4.78, 5) is 40.2. The van der Waals surface area contributed by atoms with Gasteiger partial charge in [0.1, 0.15) is 5.69 Å². The maximum absolute atomic E-state index is 13.1. The average molecular weight is 484 g/mol. The Bertz CT molecular complexity index is 1110. The minimum absolute atomic E-state index is 0.0890. The van der Waals surface area contributed by atoms with E-state index in [1.165, 1.54) is 18.0 Å². The summed E-state index contributed by atoms with van der Waals surface area (Å²) >= 11 is 0. The number of amides is 2. The fourth-order valence-electron chi connectivity index (χ4n) is 4.27. The van der Waals surface area contributed by atoms with E-state index in [2.05, 4.69) is 39.2 Å². The Labute approximate surface area is 213 Å². The Kier molecular flexibility index (Phi) is 9.33. The van der Waals surface area contributed by atoms with E-state index in [1.54, 1.807) is 11.1 Å². The first-order valence-electron chi connectivity index (χ1n) is 12.5. The van der Waals surface area contributed by atoms with Crippen molar-refractivity contribution in [3.05, 3.63) is 102 Å². The van der Waals surface area contributed by atoms with E-state index in [9.17, 15) is 9.59 Å². The third kappa shape index (κ3) is 7.58. The van der Waals surface area contributed by atoms with Crippen LogP contribution in [0.2, 0.25) is 0 Å². The Morgan fingerprint density at radius 2 is 1.61 bits per heavy atom. The van der Waals surface area contributed by atoms with Crippen LogP contribution in [0.15, 0.2) is 85.3 Å². The van der Waals surface area contributed by atoms with Crippen LogP contribution in [0, 0.1) is 0 Å². The van der Waals surface area contributed by atoms with E-state index in [1.807, 2.05) is 53.4 Å². The first-order valence-corrected chi connectivity index (χ1v) is 12.5. The SMILES string of the molecule is O=C(CCN(CCc1ccccc1)C(=O)c1cnccn1)N1CCN(CC=Cc2ccccc2)CC1. The molecule has 186 valence electrons. The van der Waals surface area contributed by atoms with Gasteiger partial charge in [0.25, 0.3) is 5.91 Å². The van der Waals surface area contributed by atoms with Crippen LogP contribution in [-0.2, 0) is 11.2 Å². The van der Waals surface area contributed by atoms with Crippen LogP contribution in [-0.4, -0.2) is 82.3 Å².